The van der Waals surface area contributed by atoms with E-state index in [0.717, 1.165) is 28.5 Å². The summed E-state index contributed by atoms with van der Waals surface area (Å²) in [5.41, 5.74) is 2.97. The molecule has 0 amide bonds. The molecule has 2 aromatic carbocycles. The van der Waals surface area contributed by atoms with E-state index in [9.17, 15) is 0 Å². The molecule has 1 aromatic heterocycles. The number of para-hydroxylation sites is 1. The van der Waals surface area contributed by atoms with Gasteiger partial charge >= 0.3 is 0 Å². The Morgan fingerprint density at radius 2 is 1.73 bits per heavy atom. The maximum Gasteiger partial charge on any atom is 0.191 e. The lowest BCUT2D eigenvalue weighted by atomic mass is 10.1. The molecule has 0 saturated carbocycles. The van der Waals surface area contributed by atoms with E-state index < -0.39 is 0 Å². The van der Waals surface area contributed by atoms with Crippen LogP contribution in [0, 0.1) is 0 Å². The average molecular weight is 520 g/mol. The van der Waals surface area contributed by atoms with Crippen molar-refractivity contribution in [2.45, 2.75) is 39.5 Å². The number of benzene rings is 2. The molecule has 3 rings (SSSR count). The number of nitrogens with one attached hydrogen (secondary N) is 2. The molecule has 0 saturated heterocycles. The van der Waals surface area contributed by atoms with Crippen molar-refractivity contribution in [1.82, 2.24) is 25.4 Å². The number of halogens is 1. The summed E-state index contributed by atoms with van der Waals surface area (Å²) in [5.74, 6) is 1.61. The van der Waals surface area contributed by atoms with E-state index in [2.05, 4.69) is 43.9 Å². The molecule has 0 atom stereocenters. The van der Waals surface area contributed by atoms with E-state index >= 15 is 0 Å². The lowest BCUT2D eigenvalue weighted by Crippen LogP contribution is -2.36. The lowest BCUT2D eigenvalue weighted by molar-refractivity contribution is 0.129. The minimum absolute atomic E-state index is 0. The molecule has 3 aromatic rings. The third-order valence-corrected chi connectivity index (χ3v) is 4.14. The van der Waals surface area contributed by atoms with Gasteiger partial charge in [-0.25, -0.2) is 9.67 Å². The predicted octanol–water partition coefficient (Wildman–Crippen LogP) is 3.93. The Hall–Kier alpha value is -2.62. The summed E-state index contributed by atoms with van der Waals surface area (Å²) < 4.78 is 7.79. The van der Waals surface area contributed by atoms with Crippen molar-refractivity contribution in [2.75, 3.05) is 7.05 Å². The summed E-state index contributed by atoms with van der Waals surface area (Å²) >= 11 is 0. The fourth-order valence-electron chi connectivity index (χ4n) is 2.77. The summed E-state index contributed by atoms with van der Waals surface area (Å²) in [5, 5.41) is 10.8. The Labute approximate surface area is 195 Å². The third-order valence-electron chi connectivity index (χ3n) is 4.14. The quantitative estimate of drug-likeness (QED) is 0.293. The minimum atomic E-state index is -0.242. The van der Waals surface area contributed by atoms with Crippen molar-refractivity contribution in [2.24, 2.45) is 4.99 Å². The first-order valence-electron chi connectivity index (χ1n) is 9.60. The van der Waals surface area contributed by atoms with Gasteiger partial charge in [-0.05, 0) is 44.5 Å². The molecular formula is C22H29IN6O. The van der Waals surface area contributed by atoms with Gasteiger partial charge in [0.25, 0.3) is 0 Å². The Kier molecular flexibility index (Phi) is 8.64. The highest BCUT2D eigenvalue weighted by atomic mass is 127. The van der Waals surface area contributed by atoms with Gasteiger partial charge in [0.1, 0.15) is 24.0 Å². The van der Waals surface area contributed by atoms with Crippen molar-refractivity contribution in [1.29, 1.82) is 0 Å². The third kappa shape index (κ3) is 7.01. The molecule has 2 N–H and O–H groups in total. The smallest absolute Gasteiger partial charge is 0.191 e. The van der Waals surface area contributed by atoms with Crippen molar-refractivity contribution in [3.8, 4) is 11.4 Å². The van der Waals surface area contributed by atoms with Gasteiger partial charge in [-0.15, -0.1) is 24.0 Å². The monoisotopic (exact) mass is 520 g/mol. The van der Waals surface area contributed by atoms with Crippen LogP contribution < -0.4 is 15.4 Å². The molecule has 0 fully saturated rings. The molecular weight excluding hydrogens is 491 g/mol. The molecule has 0 unspecified atom stereocenters. The fraction of sp³-hybridized carbons (Fsp3) is 0.318. The van der Waals surface area contributed by atoms with Gasteiger partial charge in [0, 0.05) is 25.7 Å². The summed E-state index contributed by atoms with van der Waals surface area (Å²) in [6, 6.07) is 16.2. The van der Waals surface area contributed by atoms with E-state index in [1.807, 2.05) is 51.1 Å². The summed E-state index contributed by atoms with van der Waals surface area (Å²) in [4.78, 5) is 8.28. The second-order valence-electron chi connectivity index (χ2n) is 7.61. The van der Waals surface area contributed by atoms with Gasteiger partial charge in [-0.1, -0.05) is 30.3 Å². The number of hydrogen-bond acceptors (Lipinski definition) is 4. The number of aromatic nitrogens is 3. The van der Waals surface area contributed by atoms with Crippen molar-refractivity contribution in [3.05, 3.63) is 72.3 Å². The molecule has 30 heavy (non-hydrogen) atoms. The highest BCUT2D eigenvalue weighted by Crippen LogP contribution is 2.22. The van der Waals surface area contributed by atoms with Crippen LogP contribution in [-0.4, -0.2) is 33.4 Å². The largest absolute Gasteiger partial charge is 0.488 e. The van der Waals surface area contributed by atoms with E-state index in [4.69, 9.17) is 4.74 Å². The van der Waals surface area contributed by atoms with Gasteiger partial charge in [0.15, 0.2) is 5.96 Å². The van der Waals surface area contributed by atoms with Crippen LogP contribution in [0.4, 0.5) is 0 Å². The Bertz CT molecular complexity index is 933. The lowest BCUT2D eigenvalue weighted by Gasteiger charge is -2.23. The average Bonchev–Trinajstić information content (AvgIpc) is 3.23. The minimum Gasteiger partial charge on any atom is -0.488 e. The first kappa shape index (κ1) is 23.7. The second kappa shape index (κ2) is 11.0. The van der Waals surface area contributed by atoms with Crippen LogP contribution in [0.5, 0.6) is 5.75 Å². The topological polar surface area (TPSA) is 76.4 Å². The summed E-state index contributed by atoms with van der Waals surface area (Å²) in [6.07, 6.45) is 3.20. The van der Waals surface area contributed by atoms with Crippen LogP contribution in [0.2, 0.25) is 0 Å². The van der Waals surface area contributed by atoms with E-state index in [-0.39, 0.29) is 29.6 Å². The van der Waals surface area contributed by atoms with Gasteiger partial charge in [0.2, 0.25) is 0 Å². The van der Waals surface area contributed by atoms with Crippen LogP contribution in [0.15, 0.2) is 66.2 Å². The van der Waals surface area contributed by atoms with Crippen molar-refractivity contribution >= 4 is 29.9 Å². The maximum absolute atomic E-state index is 6.06. The van der Waals surface area contributed by atoms with Crippen LogP contribution in [-0.2, 0) is 13.1 Å². The normalized spacial score (nSPS) is 11.5. The fourth-order valence-corrected chi connectivity index (χ4v) is 2.77. The van der Waals surface area contributed by atoms with Gasteiger partial charge in [-0.3, -0.25) is 4.99 Å². The first-order chi connectivity index (χ1) is 13.9. The van der Waals surface area contributed by atoms with Crippen LogP contribution in [0.1, 0.15) is 31.9 Å². The number of guanidine groups is 1. The Balaban J connectivity index is 0.00000320. The van der Waals surface area contributed by atoms with Crippen LogP contribution in [0.3, 0.4) is 0 Å². The van der Waals surface area contributed by atoms with Crippen molar-refractivity contribution < 1.29 is 4.74 Å². The SMILES string of the molecule is CN=C(NCc1ccc(-n2cncn2)cc1)NCc1ccccc1OC(C)(C)C.I. The Morgan fingerprint density at radius 1 is 1.03 bits per heavy atom. The predicted molar refractivity (Wildman–Crippen MR) is 131 cm³/mol. The second-order valence-corrected chi connectivity index (χ2v) is 7.61. The molecule has 0 aliphatic heterocycles. The van der Waals surface area contributed by atoms with Gasteiger partial charge in [0.05, 0.1) is 5.69 Å². The molecule has 0 aliphatic carbocycles. The molecule has 0 aliphatic rings. The molecule has 0 radical (unpaired) electrons. The zero-order valence-electron chi connectivity index (χ0n) is 17.8. The number of nitrogens with zero attached hydrogens (tertiary/aromatic N) is 4. The molecule has 0 spiro atoms. The standard InChI is InChI=1S/C22H28N6O.HI/c1-22(2,3)29-20-8-6-5-7-18(20)14-26-21(23-4)25-13-17-9-11-19(12-10-17)28-16-24-15-27-28;/h5-12,15-16H,13-14H2,1-4H3,(H2,23,25,26);1H. The number of ether oxygens (including phenoxy) is 1. The molecule has 160 valence electrons. The maximum atomic E-state index is 6.06. The number of rotatable bonds is 6. The molecule has 7 nitrogen and oxygen atoms in total. The Morgan fingerprint density at radius 3 is 2.37 bits per heavy atom. The molecule has 0 bridgehead atoms. The summed E-state index contributed by atoms with van der Waals surface area (Å²) in [6.45, 7) is 7.43. The summed E-state index contributed by atoms with van der Waals surface area (Å²) in [7, 11) is 1.76. The zero-order valence-corrected chi connectivity index (χ0v) is 20.1. The zero-order chi connectivity index (χ0) is 20.7. The van der Waals surface area contributed by atoms with E-state index in [0.29, 0.717) is 13.1 Å². The van der Waals surface area contributed by atoms with Crippen LogP contribution in [0.25, 0.3) is 5.69 Å². The highest BCUT2D eigenvalue weighted by Gasteiger charge is 2.14. The molecule has 1 heterocycles. The van der Waals surface area contributed by atoms with Gasteiger partial charge < -0.3 is 15.4 Å². The van der Waals surface area contributed by atoms with E-state index in [1.54, 1.807) is 18.1 Å². The molecule has 8 heteroatoms. The van der Waals surface area contributed by atoms with Crippen LogP contribution >= 0.6 is 24.0 Å². The highest BCUT2D eigenvalue weighted by molar-refractivity contribution is 14.0. The first-order valence-corrected chi connectivity index (χ1v) is 9.60. The number of hydrogen-bond donors (Lipinski definition) is 2. The number of aliphatic imine (C=N–C) groups is 1. The van der Waals surface area contributed by atoms with Crippen molar-refractivity contribution in [3.63, 3.8) is 0 Å². The van der Waals surface area contributed by atoms with E-state index in [1.165, 1.54) is 6.33 Å². The van der Waals surface area contributed by atoms with Gasteiger partial charge in [-0.2, -0.15) is 5.10 Å².